The van der Waals surface area contributed by atoms with Gasteiger partial charge < -0.3 is 15.5 Å². The van der Waals surface area contributed by atoms with Crippen molar-refractivity contribution in [1.29, 1.82) is 5.26 Å². The molecule has 0 spiro atoms. The zero-order valence-electron chi connectivity index (χ0n) is 19.9. The monoisotopic (exact) mass is 471 g/mol. The van der Waals surface area contributed by atoms with E-state index in [9.17, 15) is 9.59 Å². The molecule has 1 aliphatic rings. The summed E-state index contributed by atoms with van der Waals surface area (Å²) < 4.78 is 0. The summed E-state index contributed by atoms with van der Waals surface area (Å²) >= 11 is 0. The van der Waals surface area contributed by atoms with Crippen LogP contribution in [0.1, 0.15) is 64.6 Å². The first-order chi connectivity index (χ1) is 16.9. The zero-order chi connectivity index (χ0) is 24.8. The molecule has 35 heavy (non-hydrogen) atoms. The van der Waals surface area contributed by atoms with Crippen LogP contribution in [0.5, 0.6) is 0 Å². The summed E-state index contributed by atoms with van der Waals surface area (Å²) in [6.07, 6.45) is 3.21. The number of hydrogen-bond acceptors (Lipinski definition) is 6. The standard InChI is InChI=1S/C26H29N7O2/c1-17(2)15-28-23-8-7-21(16-29-23)25(34)30-24-13-22(31-32-24)26(35)33-11-9-20(10-12-33)19-5-3-18(14-27)4-6-19/h3-8,13,16-17,20H,9-12,15H2,1-2H3,(H,28,29)(H2,30,31,32,34). The van der Waals surface area contributed by atoms with Crippen LogP contribution in [0.2, 0.25) is 0 Å². The first kappa shape index (κ1) is 24.0. The van der Waals surface area contributed by atoms with Gasteiger partial charge in [0.2, 0.25) is 0 Å². The number of pyridine rings is 1. The van der Waals surface area contributed by atoms with Crippen LogP contribution < -0.4 is 10.6 Å². The van der Waals surface area contributed by atoms with Gasteiger partial charge in [-0.3, -0.25) is 14.7 Å². The fraction of sp³-hybridized carbons (Fsp3) is 0.346. The summed E-state index contributed by atoms with van der Waals surface area (Å²) in [4.78, 5) is 31.5. The van der Waals surface area contributed by atoms with Gasteiger partial charge in [-0.15, -0.1) is 0 Å². The molecule has 4 rings (SSSR count). The Bertz CT molecular complexity index is 1200. The van der Waals surface area contributed by atoms with E-state index in [4.69, 9.17) is 5.26 Å². The summed E-state index contributed by atoms with van der Waals surface area (Å²) in [5, 5.41) is 21.7. The second-order valence-corrected chi connectivity index (χ2v) is 9.13. The fourth-order valence-electron chi connectivity index (χ4n) is 4.04. The first-order valence-corrected chi connectivity index (χ1v) is 11.8. The van der Waals surface area contributed by atoms with Crippen molar-refractivity contribution < 1.29 is 9.59 Å². The molecule has 3 heterocycles. The van der Waals surface area contributed by atoms with Gasteiger partial charge in [0, 0.05) is 31.9 Å². The van der Waals surface area contributed by atoms with Gasteiger partial charge in [-0.2, -0.15) is 10.4 Å². The molecule has 9 nitrogen and oxygen atoms in total. The van der Waals surface area contributed by atoms with Crippen LogP contribution in [-0.2, 0) is 0 Å². The molecule has 0 atom stereocenters. The second kappa shape index (κ2) is 10.8. The molecule has 1 fully saturated rings. The highest BCUT2D eigenvalue weighted by atomic mass is 16.2. The Hall–Kier alpha value is -4.19. The Morgan fingerprint density at radius 3 is 2.51 bits per heavy atom. The number of carbonyl (C=O) groups excluding carboxylic acids is 2. The Morgan fingerprint density at radius 2 is 1.89 bits per heavy atom. The molecule has 0 bridgehead atoms. The van der Waals surface area contributed by atoms with E-state index in [1.165, 1.54) is 11.8 Å². The van der Waals surface area contributed by atoms with Gasteiger partial charge in [-0.05, 0) is 54.5 Å². The SMILES string of the molecule is CC(C)CNc1ccc(C(=O)Nc2cc(C(=O)N3CCC(c4ccc(C#N)cc4)CC3)[nH]n2)cn1. The molecule has 3 N–H and O–H groups in total. The van der Waals surface area contributed by atoms with E-state index >= 15 is 0 Å². The van der Waals surface area contributed by atoms with Crippen LogP contribution in [0.25, 0.3) is 0 Å². The van der Waals surface area contributed by atoms with E-state index in [1.807, 2.05) is 24.3 Å². The van der Waals surface area contributed by atoms with E-state index in [-0.39, 0.29) is 17.6 Å². The van der Waals surface area contributed by atoms with Gasteiger partial charge in [0.25, 0.3) is 11.8 Å². The lowest BCUT2D eigenvalue weighted by molar-refractivity contribution is 0.0706. The van der Waals surface area contributed by atoms with Crippen LogP contribution in [0.4, 0.5) is 11.6 Å². The number of hydrogen-bond donors (Lipinski definition) is 3. The normalized spacial score (nSPS) is 13.9. The lowest BCUT2D eigenvalue weighted by atomic mass is 9.89. The number of nitrogens with zero attached hydrogens (tertiary/aromatic N) is 4. The van der Waals surface area contributed by atoms with Crippen molar-refractivity contribution in [1.82, 2.24) is 20.1 Å². The van der Waals surface area contributed by atoms with Crippen LogP contribution in [0.15, 0.2) is 48.7 Å². The van der Waals surface area contributed by atoms with Crippen molar-refractivity contribution in [3.8, 4) is 6.07 Å². The molecule has 1 aliphatic heterocycles. The Kier molecular flexibility index (Phi) is 7.41. The minimum atomic E-state index is -0.346. The molecule has 1 aromatic carbocycles. The Balaban J connectivity index is 1.30. The Morgan fingerprint density at radius 1 is 1.14 bits per heavy atom. The third-order valence-electron chi connectivity index (χ3n) is 6.06. The molecule has 2 amide bonds. The van der Waals surface area contributed by atoms with Gasteiger partial charge in [0.05, 0.1) is 17.2 Å². The molecule has 0 radical (unpaired) electrons. The number of rotatable bonds is 7. The van der Waals surface area contributed by atoms with Crippen LogP contribution >= 0.6 is 0 Å². The number of benzene rings is 1. The smallest absolute Gasteiger partial charge is 0.271 e. The van der Waals surface area contributed by atoms with E-state index in [2.05, 4.69) is 45.7 Å². The molecule has 2 aromatic heterocycles. The maximum absolute atomic E-state index is 12.9. The van der Waals surface area contributed by atoms with Crippen molar-refractivity contribution >= 4 is 23.5 Å². The molecular weight excluding hydrogens is 442 g/mol. The third kappa shape index (κ3) is 6.03. The second-order valence-electron chi connectivity index (χ2n) is 9.13. The number of aromatic nitrogens is 3. The quantitative estimate of drug-likeness (QED) is 0.478. The number of carbonyl (C=O) groups is 2. The molecule has 0 saturated carbocycles. The van der Waals surface area contributed by atoms with Crippen LogP contribution in [0.3, 0.4) is 0 Å². The van der Waals surface area contributed by atoms with Gasteiger partial charge in [-0.1, -0.05) is 26.0 Å². The molecule has 0 aliphatic carbocycles. The highest BCUT2D eigenvalue weighted by molar-refractivity contribution is 6.04. The summed E-state index contributed by atoms with van der Waals surface area (Å²) in [5.74, 6) is 1.37. The number of amides is 2. The number of nitriles is 1. The maximum Gasteiger partial charge on any atom is 0.271 e. The summed E-state index contributed by atoms with van der Waals surface area (Å²) in [7, 11) is 0. The van der Waals surface area contributed by atoms with Gasteiger partial charge in [0.1, 0.15) is 11.5 Å². The van der Waals surface area contributed by atoms with Crippen molar-refractivity contribution in [2.45, 2.75) is 32.6 Å². The minimum absolute atomic E-state index is 0.140. The number of nitrogens with one attached hydrogen (secondary N) is 3. The largest absolute Gasteiger partial charge is 0.370 e. The molecule has 180 valence electrons. The maximum atomic E-state index is 12.9. The lowest BCUT2D eigenvalue weighted by Crippen LogP contribution is -2.38. The fourth-order valence-corrected chi connectivity index (χ4v) is 4.04. The number of H-pyrrole nitrogens is 1. The summed E-state index contributed by atoms with van der Waals surface area (Å²) in [5.41, 5.74) is 2.58. The van der Waals surface area contributed by atoms with Crippen LogP contribution in [0, 0.1) is 17.2 Å². The average Bonchev–Trinajstić information content (AvgIpc) is 3.36. The molecule has 1 saturated heterocycles. The molecule has 9 heteroatoms. The van der Waals surface area contributed by atoms with Crippen molar-refractivity contribution in [2.24, 2.45) is 5.92 Å². The zero-order valence-corrected chi connectivity index (χ0v) is 19.9. The van der Waals surface area contributed by atoms with Crippen LogP contribution in [-0.4, -0.2) is 51.5 Å². The van der Waals surface area contributed by atoms with Crippen molar-refractivity contribution in [3.05, 3.63) is 71.0 Å². The van der Waals surface area contributed by atoms with E-state index in [0.29, 0.717) is 47.6 Å². The van der Waals surface area contributed by atoms with E-state index < -0.39 is 0 Å². The number of piperidine rings is 1. The minimum Gasteiger partial charge on any atom is -0.370 e. The van der Waals surface area contributed by atoms with Gasteiger partial charge in [0.15, 0.2) is 5.82 Å². The summed E-state index contributed by atoms with van der Waals surface area (Å²) in [6.45, 7) is 6.28. The number of anilines is 2. The van der Waals surface area contributed by atoms with E-state index in [1.54, 1.807) is 23.1 Å². The number of aromatic amines is 1. The van der Waals surface area contributed by atoms with E-state index in [0.717, 1.165) is 19.4 Å². The van der Waals surface area contributed by atoms with Crippen molar-refractivity contribution in [3.63, 3.8) is 0 Å². The van der Waals surface area contributed by atoms with Gasteiger partial charge >= 0.3 is 0 Å². The predicted octanol–water partition coefficient (Wildman–Crippen LogP) is 4.02. The average molecular weight is 472 g/mol. The summed E-state index contributed by atoms with van der Waals surface area (Å²) in [6, 6.07) is 14.8. The molecule has 0 unspecified atom stereocenters. The third-order valence-corrected chi connectivity index (χ3v) is 6.06. The number of likely N-dealkylation sites (tertiary alicyclic amines) is 1. The topological polar surface area (TPSA) is 127 Å². The highest BCUT2D eigenvalue weighted by Gasteiger charge is 2.26. The predicted molar refractivity (Wildman–Crippen MR) is 133 cm³/mol. The Labute approximate surface area is 204 Å². The lowest BCUT2D eigenvalue weighted by Gasteiger charge is -2.32. The first-order valence-electron chi connectivity index (χ1n) is 11.8. The van der Waals surface area contributed by atoms with Gasteiger partial charge in [-0.25, -0.2) is 4.98 Å². The molecular formula is C26H29N7O2. The van der Waals surface area contributed by atoms with Crippen molar-refractivity contribution in [2.75, 3.05) is 30.3 Å². The highest BCUT2D eigenvalue weighted by Crippen LogP contribution is 2.29. The molecule has 3 aromatic rings.